The number of anilines is 2. The summed E-state index contributed by atoms with van der Waals surface area (Å²) >= 11 is 0. The molecule has 12 heteroatoms. The molecule has 5 N–H and O–H groups in total. The van der Waals surface area contributed by atoms with Crippen molar-refractivity contribution in [2.45, 2.75) is 44.8 Å². The third-order valence-electron chi connectivity index (χ3n) is 7.60. The van der Waals surface area contributed by atoms with Crippen LogP contribution in [0, 0.1) is 29.0 Å². The molecule has 1 aliphatic heterocycles. The number of halogens is 4. The van der Waals surface area contributed by atoms with Crippen molar-refractivity contribution in [3.05, 3.63) is 53.2 Å². The molecule has 8 nitrogen and oxygen atoms in total. The zero-order chi connectivity index (χ0) is 28.2. The van der Waals surface area contributed by atoms with Gasteiger partial charge in [0.05, 0.1) is 11.3 Å². The van der Waals surface area contributed by atoms with E-state index in [0.29, 0.717) is 32.0 Å². The minimum atomic E-state index is -4.81. The van der Waals surface area contributed by atoms with Gasteiger partial charge in [0.1, 0.15) is 29.6 Å². The first-order valence-electron chi connectivity index (χ1n) is 13.1. The molecule has 1 aromatic carbocycles. The van der Waals surface area contributed by atoms with Crippen molar-refractivity contribution < 1.29 is 17.6 Å². The van der Waals surface area contributed by atoms with Crippen molar-refractivity contribution in [2.24, 2.45) is 17.6 Å². The normalized spacial score (nSPS) is 17.6. The number of hydrogen-bond donors (Lipinski definition) is 3. The fraction of sp³-hybridized carbons (Fsp3) is 0.519. The SMILES string of the molecule is CC(C1CCN(c2ncnc(N)c2C#N)CC1)N(/C=C(\N)c1ccc(F)c(C(F)(F)F)c1)CCNCC1CC1. The van der Waals surface area contributed by atoms with Crippen molar-refractivity contribution in [1.82, 2.24) is 20.2 Å². The molecule has 2 heterocycles. The zero-order valence-electron chi connectivity index (χ0n) is 21.9. The molecule has 0 spiro atoms. The number of nitrogens with two attached hydrogens (primary N) is 2. The summed E-state index contributed by atoms with van der Waals surface area (Å²) in [5.74, 6) is 0.328. The number of rotatable bonds is 10. The second kappa shape index (κ2) is 12.1. The van der Waals surface area contributed by atoms with Gasteiger partial charge in [-0.1, -0.05) is 0 Å². The van der Waals surface area contributed by atoms with Crippen LogP contribution in [-0.2, 0) is 6.18 Å². The molecule has 4 rings (SSSR count). The second-order valence-corrected chi connectivity index (χ2v) is 10.3. The fourth-order valence-electron chi connectivity index (χ4n) is 5.00. The molecule has 2 aromatic rings. The lowest BCUT2D eigenvalue weighted by atomic mass is 9.89. The topological polar surface area (TPSA) is 120 Å². The Bertz CT molecular complexity index is 1210. The van der Waals surface area contributed by atoms with Crippen LogP contribution in [0.25, 0.3) is 5.70 Å². The summed E-state index contributed by atoms with van der Waals surface area (Å²) in [5.41, 5.74) is 11.3. The highest BCUT2D eigenvalue weighted by Crippen LogP contribution is 2.33. The fourth-order valence-corrected chi connectivity index (χ4v) is 5.00. The molecule has 2 aliphatic rings. The first-order valence-corrected chi connectivity index (χ1v) is 13.1. The molecule has 2 fully saturated rings. The zero-order valence-corrected chi connectivity index (χ0v) is 21.9. The van der Waals surface area contributed by atoms with Crippen LogP contribution in [0.4, 0.5) is 29.2 Å². The Morgan fingerprint density at radius 1 is 1.26 bits per heavy atom. The summed E-state index contributed by atoms with van der Waals surface area (Å²) < 4.78 is 53.6. The van der Waals surface area contributed by atoms with Gasteiger partial charge in [-0.2, -0.15) is 18.4 Å². The molecule has 0 radical (unpaired) electrons. The first-order chi connectivity index (χ1) is 18.6. The molecular formula is C27H34F4N8. The smallest absolute Gasteiger partial charge is 0.397 e. The Kier molecular flexibility index (Phi) is 8.80. The van der Waals surface area contributed by atoms with Crippen molar-refractivity contribution >= 4 is 17.3 Å². The third-order valence-corrected chi connectivity index (χ3v) is 7.60. The van der Waals surface area contributed by atoms with Gasteiger partial charge in [0.15, 0.2) is 5.82 Å². The molecule has 39 heavy (non-hydrogen) atoms. The van der Waals surface area contributed by atoms with Crippen LogP contribution in [0.1, 0.15) is 49.3 Å². The number of piperidine rings is 1. The monoisotopic (exact) mass is 546 g/mol. The number of nitriles is 1. The van der Waals surface area contributed by atoms with Gasteiger partial charge in [0.2, 0.25) is 0 Å². The Morgan fingerprint density at radius 3 is 2.62 bits per heavy atom. The summed E-state index contributed by atoms with van der Waals surface area (Å²) in [6.45, 7) is 5.67. The molecule has 1 saturated heterocycles. The summed E-state index contributed by atoms with van der Waals surface area (Å²) in [5, 5.41) is 12.9. The van der Waals surface area contributed by atoms with E-state index in [1.807, 2.05) is 4.90 Å². The van der Waals surface area contributed by atoms with E-state index >= 15 is 0 Å². The molecule has 1 atom stereocenters. The van der Waals surface area contributed by atoms with Crippen molar-refractivity contribution in [3.8, 4) is 6.07 Å². The minimum absolute atomic E-state index is 0.0295. The van der Waals surface area contributed by atoms with Crippen LogP contribution < -0.4 is 21.7 Å². The van der Waals surface area contributed by atoms with E-state index < -0.39 is 17.6 Å². The predicted molar refractivity (Wildman–Crippen MR) is 141 cm³/mol. The average molecular weight is 547 g/mol. The number of hydrogen-bond acceptors (Lipinski definition) is 8. The lowest BCUT2D eigenvalue weighted by molar-refractivity contribution is -0.140. The third kappa shape index (κ3) is 7.09. The number of aromatic nitrogens is 2. The van der Waals surface area contributed by atoms with E-state index in [4.69, 9.17) is 11.5 Å². The largest absolute Gasteiger partial charge is 0.419 e. The van der Waals surface area contributed by atoms with E-state index in [-0.39, 0.29) is 34.6 Å². The molecule has 1 aromatic heterocycles. The number of nitrogens with zero attached hydrogens (tertiary/aromatic N) is 5. The highest BCUT2D eigenvalue weighted by molar-refractivity contribution is 5.64. The van der Waals surface area contributed by atoms with E-state index in [1.165, 1.54) is 25.2 Å². The molecular weight excluding hydrogens is 512 g/mol. The number of nitrogens with one attached hydrogen (secondary N) is 1. The summed E-state index contributed by atoms with van der Waals surface area (Å²) in [7, 11) is 0. The van der Waals surface area contributed by atoms with Crippen LogP contribution in [0.5, 0.6) is 0 Å². The number of benzene rings is 1. The van der Waals surface area contributed by atoms with E-state index in [2.05, 4.69) is 33.2 Å². The van der Waals surface area contributed by atoms with Crippen LogP contribution in [0.15, 0.2) is 30.7 Å². The summed E-state index contributed by atoms with van der Waals surface area (Å²) in [6, 6.07) is 4.94. The van der Waals surface area contributed by atoms with Gasteiger partial charge in [-0.25, -0.2) is 14.4 Å². The van der Waals surface area contributed by atoms with Crippen LogP contribution in [-0.4, -0.2) is 53.6 Å². The van der Waals surface area contributed by atoms with Gasteiger partial charge in [0.25, 0.3) is 0 Å². The standard InChI is InChI=1S/C27H34F4N8/c1-17(19-6-9-38(10-7-19)26-21(13-32)25(34)36-16-37-26)39(11-8-35-14-18-2-3-18)15-24(33)20-4-5-23(28)22(12-20)27(29,30)31/h4-5,12,15-19,35H,2-3,6-11,14,33H2,1H3,(H2,34,36,37)/b24-15-. The Morgan fingerprint density at radius 2 is 1.97 bits per heavy atom. The predicted octanol–water partition coefficient (Wildman–Crippen LogP) is 3.95. The van der Waals surface area contributed by atoms with E-state index in [0.717, 1.165) is 37.4 Å². The lowest BCUT2D eigenvalue weighted by Gasteiger charge is -2.40. The maximum Gasteiger partial charge on any atom is 0.419 e. The van der Waals surface area contributed by atoms with E-state index in [9.17, 15) is 22.8 Å². The molecule has 0 bridgehead atoms. The molecule has 1 saturated carbocycles. The van der Waals surface area contributed by atoms with Gasteiger partial charge in [-0.3, -0.25) is 0 Å². The van der Waals surface area contributed by atoms with E-state index in [1.54, 1.807) is 6.20 Å². The van der Waals surface area contributed by atoms with Crippen LogP contribution in [0.3, 0.4) is 0 Å². The van der Waals surface area contributed by atoms with Gasteiger partial charge in [0, 0.05) is 38.4 Å². The highest BCUT2D eigenvalue weighted by atomic mass is 19.4. The van der Waals surface area contributed by atoms with Crippen molar-refractivity contribution in [1.29, 1.82) is 5.26 Å². The Labute approximate surface area is 225 Å². The van der Waals surface area contributed by atoms with Crippen LogP contribution >= 0.6 is 0 Å². The quantitative estimate of drug-likeness (QED) is 0.303. The first kappa shape index (κ1) is 28.4. The molecule has 210 valence electrons. The Balaban J connectivity index is 1.49. The minimum Gasteiger partial charge on any atom is -0.397 e. The molecule has 1 unspecified atom stereocenters. The van der Waals surface area contributed by atoms with Crippen LogP contribution in [0.2, 0.25) is 0 Å². The maximum atomic E-state index is 13.8. The maximum absolute atomic E-state index is 13.8. The molecule has 0 amide bonds. The number of nitrogen functional groups attached to an aromatic ring is 1. The average Bonchev–Trinajstić information content (AvgIpc) is 3.74. The van der Waals surface area contributed by atoms with Gasteiger partial charge in [-0.15, -0.1) is 0 Å². The summed E-state index contributed by atoms with van der Waals surface area (Å²) in [4.78, 5) is 12.3. The second-order valence-electron chi connectivity index (χ2n) is 10.3. The molecule has 1 aliphatic carbocycles. The van der Waals surface area contributed by atoms with Gasteiger partial charge < -0.3 is 26.6 Å². The van der Waals surface area contributed by atoms with Crippen molar-refractivity contribution in [3.63, 3.8) is 0 Å². The summed E-state index contributed by atoms with van der Waals surface area (Å²) in [6.07, 6.45) is 2.31. The Hall–Kier alpha value is -3.59. The van der Waals surface area contributed by atoms with Gasteiger partial charge >= 0.3 is 6.18 Å². The highest BCUT2D eigenvalue weighted by Gasteiger charge is 2.34. The van der Waals surface area contributed by atoms with Crippen molar-refractivity contribution in [2.75, 3.05) is 43.4 Å². The lowest BCUT2D eigenvalue weighted by Crippen LogP contribution is -2.44. The van der Waals surface area contributed by atoms with Gasteiger partial charge in [-0.05, 0) is 74.8 Å². The number of alkyl halides is 3.